The Morgan fingerprint density at radius 2 is 1.76 bits per heavy atom. The normalized spacial score (nSPS) is 16.3. The molecule has 0 atom stereocenters. The first-order valence-electron chi connectivity index (χ1n) is 8.79. The summed E-state index contributed by atoms with van der Waals surface area (Å²) < 4.78 is 27.0. The highest BCUT2D eigenvalue weighted by atomic mass is 32.2. The van der Waals surface area contributed by atoms with Gasteiger partial charge in [-0.3, -0.25) is 10.1 Å². The number of nitrogen functional groups attached to an aromatic ring is 2. The van der Waals surface area contributed by atoms with Gasteiger partial charge in [-0.2, -0.15) is 14.3 Å². The smallest absolute Gasteiger partial charge is 0.269 e. The second-order valence-corrected chi connectivity index (χ2v) is 8.66. The summed E-state index contributed by atoms with van der Waals surface area (Å²) in [5.41, 5.74) is 12.2. The summed E-state index contributed by atoms with van der Waals surface area (Å²) in [4.78, 5) is 25.7. The molecule has 152 valence electrons. The first-order chi connectivity index (χ1) is 13.8. The van der Waals surface area contributed by atoms with Crippen molar-refractivity contribution in [2.45, 2.75) is 23.7 Å². The Hall–Kier alpha value is -3.32. The molecule has 5 N–H and O–H groups in total. The number of nitro benzene ring substituents is 1. The van der Waals surface area contributed by atoms with E-state index in [2.05, 4.69) is 19.9 Å². The Morgan fingerprint density at radius 1 is 1.10 bits per heavy atom. The van der Waals surface area contributed by atoms with Crippen LogP contribution in [0.1, 0.15) is 24.6 Å². The number of nitrogens with one attached hydrogen (secondary N) is 1. The van der Waals surface area contributed by atoms with Gasteiger partial charge < -0.3 is 16.5 Å². The van der Waals surface area contributed by atoms with Gasteiger partial charge in [-0.05, 0) is 25.0 Å². The lowest BCUT2D eigenvalue weighted by Gasteiger charge is -2.30. The van der Waals surface area contributed by atoms with Crippen molar-refractivity contribution in [1.82, 2.24) is 24.2 Å². The van der Waals surface area contributed by atoms with Gasteiger partial charge >= 0.3 is 0 Å². The van der Waals surface area contributed by atoms with Crippen molar-refractivity contribution in [3.8, 4) is 0 Å². The number of H-pyrrole nitrogens is 1. The number of non-ortho nitro benzene ring substituents is 1. The summed E-state index contributed by atoms with van der Waals surface area (Å²) in [5, 5.41) is 10.8. The van der Waals surface area contributed by atoms with Gasteiger partial charge in [0, 0.05) is 31.1 Å². The molecule has 3 aromatic rings. The second kappa shape index (κ2) is 6.93. The number of nitrogens with zero attached hydrogens (tertiary/aromatic N) is 5. The molecule has 13 heteroatoms. The van der Waals surface area contributed by atoms with Crippen LogP contribution in [0, 0.1) is 10.1 Å². The number of imidazole rings is 1. The molecule has 2 aromatic heterocycles. The lowest BCUT2D eigenvalue weighted by molar-refractivity contribution is -0.384. The van der Waals surface area contributed by atoms with Crippen LogP contribution in [-0.4, -0.2) is 50.7 Å². The molecule has 1 aliphatic rings. The van der Waals surface area contributed by atoms with Gasteiger partial charge in [0.1, 0.15) is 11.3 Å². The van der Waals surface area contributed by atoms with Gasteiger partial charge in [0.15, 0.2) is 11.5 Å². The molecule has 12 nitrogen and oxygen atoms in total. The topological polar surface area (TPSA) is 187 Å². The van der Waals surface area contributed by atoms with Gasteiger partial charge in [-0.15, -0.1) is 0 Å². The molecule has 0 spiro atoms. The highest BCUT2D eigenvalue weighted by Gasteiger charge is 2.31. The van der Waals surface area contributed by atoms with E-state index in [4.69, 9.17) is 11.5 Å². The Morgan fingerprint density at radius 3 is 2.38 bits per heavy atom. The molecule has 0 saturated carbocycles. The van der Waals surface area contributed by atoms with Crippen LogP contribution in [-0.2, 0) is 10.0 Å². The van der Waals surface area contributed by atoms with Crippen LogP contribution in [0.3, 0.4) is 0 Å². The van der Waals surface area contributed by atoms with Gasteiger partial charge in [0.2, 0.25) is 16.0 Å². The minimum absolute atomic E-state index is 0.00753. The average molecular weight is 418 g/mol. The summed E-state index contributed by atoms with van der Waals surface area (Å²) in [6.07, 6.45) is 1.10. The van der Waals surface area contributed by atoms with Gasteiger partial charge in [-0.25, -0.2) is 13.4 Å². The molecule has 1 aromatic carbocycles. The third-order valence-electron chi connectivity index (χ3n) is 4.94. The Balaban J connectivity index is 1.50. The first kappa shape index (κ1) is 19.0. The third-order valence-corrected chi connectivity index (χ3v) is 6.85. The molecule has 29 heavy (non-hydrogen) atoms. The number of sulfonamides is 1. The number of anilines is 2. The van der Waals surface area contributed by atoms with E-state index in [1.165, 1.54) is 28.6 Å². The predicted molar refractivity (Wildman–Crippen MR) is 104 cm³/mol. The number of hydrogen-bond donors (Lipinski definition) is 3. The molecule has 0 unspecified atom stereocenters. The van der Waals surface area contributed by atoms with E-state index in [9.17, 15) is 18.5 Å². The van der Waals surface area contributed by atoms with Crippen LogP contribution < -0.4 is 11.5 Å². The molecular weight excluding hydrogens is 400 g/mol. The number of hydrogen-bond acceptors (Lipinski definition) is 9. The minimum atomic E-state index is -3.73. The van der Waals surface area contributed by atoms with E-state index in [1.54, 1.807) is 0 Å². The van der Waals surface area contributed by atoms with Crippen molar-refractivity contribution >= 4 is 38.6 Å². The molecule has 0 radical (unpaired) electrons. The fraction of sp³-hybridized carbons (Fsp3) is 0.312. The van der Waals surface area contributed by atoms with Crippen molar-refractivity contribution in [1.29, 1.82) is 0 Å². The fourth-order valence-electron chi connectivity index (χ4n) is 3.41. The Bertz CT molecular complexity index is 1180. The summed E-state index contributed by atoms with van der Waals surface area (Å²) in [5.74, 6) is 0.925. The fourth-order valence-corrected chi connectivity index (χ4v) is 4.88. The monoisotopic (exact) mass is 418 g/mol. The lowest BCUT2D eigenvalue weighted by Crippen LogP contribution is -2.38. The van der Waals surface area contributed by atoms with Gasteiger partial charge in [-0.1, -0.05) is 0 Å². The highest BCUT2D eigenvalue weighted by molar-refractivity contribution is 7.89. The maximum Gasteiger partial charge on any atom is 0.269 e. The first-order valence-corrected chi connectivity index (χ1v) is 10.2. The van der Waals surface area contributed by atoms with Crippen molar-refractivity contribution < 1.29 is 13.3 Å². The zero-order valence-corrected chi connectivity index (χ0v) is 16.0. The van der Waals surface area contributed by atoms with Crippen molar-refractivity contribution in [2.24, 2.45) is 0 Å². The van der Waals surface area contributed by atoms with Crippen LogP contribution in [0.15, 0.2) is 29.2 Å². The molecule has 1 aliphatic heterocycles. The second-order valence-electron chi connectivity index (χ2n) is 6.72. The average Bonchev–Trinajstić information content (AvgIpc) is 3.12. The van der Waals surface area contributed by atoms with Crippen LogP contribution in [0.5, 0.6) is 0 Å². The number of piperidine rings is 1. The maximum atomic E-state index is 12.8. The van der Waals surface area contributed by atoms with Crippen LogP contribution in [0.4, 0.5) is 17.5 Å². The molecule has 0 bridgehead atoms. The highest BCUT2D eigenvalue weighted by Crippen LogP contribution is 2.31. The maximum absolute atomic E-state index is 12.8. The van der Waals surface area contributed by atoms with E-state index in [0.717, 1.165) is 0 Å². The number of rotatable bonds is 4. The van der Waals surface area contributed by atoms with Crippen LogP contribution in [0.2, 0.25) is 0 Å². The standard InChI is InChI=1S/C16H18N8O4S/c17-13-12-15(22-16(18)20-13)21-14(19-12)9-5-7-23(8-6-9)29(27,28)11-3-1-10(2-4-11)24(25)26/h1-4,9H,5-8H2,(H5,17,18,19,20,21,22). The number of aromatic nitrogens is 4. The molecule has 1 saturated heterocycles. The van der Waals surface area contributed by atoms with E-state index in [-0.39, 0.29) is 28.3 Å². The van der Waals surface area contributed by atoms with E-state index < -0.39 is 14.9 Å². The summed E-state index contributed by atoms with van der Waals surface area (Å²) in [7, 11) is -3.73. The molecule has 0 amide bonds. The van der Waals surface area contributed by atoms with E-state index >= 15 is 0 Å². The van der Waals surface area contributed by atoms with Crippen molar-refractivity contribution in [3.05, 3.63) is 40.2 Å². The van der Waals surface area contributed by atoms with Crippen molar-refractivity contribution in [3.63, 3.8) is 0 Å². The largest absolute Gasteiger partial charge is 0.382 e. The van der Waals surface area contributed by atoms with Gasteiger partial charge in [0.25, 0.3) is 5.69 Å². The van der Waals surface area contributed by atoms with E-state index in [1.807, 2.05) is 0 Å². The SMILES string of the molecule is Nc1nc(N)c2[nH]c(C3CCN(S(=O)(=O)c4ccc([N+](=O)[O-])cc4)CC3)nc2n1. The number of aromatic amines is 1. The minimum Gasteiger partial charge on any atom is -0.382 e. The zero-order valence-electron chi connectivity index (χ0n) is 15.1. The van der Waals surface area contributed by atoms with Crippen LogP contribution >= 0.6 is 0 Å². The predicted octanol–water partition coefficient (Wildman–Crippen LogP) is 0.994. The zero-order chi connectivity index (χ0) is 20.8. The molecule has 3 heterocycles. The van der Waals surface area contributed by atoms with Gasteiger partial charge in [0.05, 0.1) is 9.82 Å². The number of nitrogens with two attached hydrogens (primary N) is 2. The Kier molecular flexibility index (Phi) is 4.55. The molecule has 0 aliphatic carbocycles. The number of nitro groups is 1. The third kappa shape index (κ3) is 3.45. The summed E-state index contributed by atoms with van der Waals surface area (Å²) >= 11 is 0. The summed E-state index contributed by atoms with van der Waals surface area (Å²) in [6, 6.07) is 4.88. The molecule has 1 fully saturated rings. The Labute approximate surface area is 165 Å². The van der Waals surface area contributed by atoms with Crippen molar-refractivity contribution in [2.75, 3.05) is 24.6 Å². The van der Waals surface area contributed by atoms with Crippen LogP contribution in [0.25, 0.3) is 11.2 Å². The quantitative estimate of drug-likeness (QED) is 0.410. The summed E-state index contributed by atoms with van der Waals surface area (Å²) in [6.45, 7) is 0.592. The molecular formula is C16H18N8O4S. The number of benzene rings is 1. The lowest BCUT2D eigenvalue weighted by atomic mass is 9.97. The molecule has 4 rings (SSSR count). The number of fused-ring (bicyclic) bond motifs is 1. The van der Waals surface area contributed by atoms with E-state index in [0.29, 0.717) is 42.9 Å².